The Morgan fingerprint density at radius 3 is 2.67 bits per heavy atom. The van der Waals surface area contributed by atoms with Gasteiger partial charge in [0.15, 0.2) is 0 Å². The Balaban J connectivity index is 2.21. The van der Waals surface area contributed by atoms with Crippen molar-refractivity contribution in [1.82, 2.24) is 0 Å². The van der Waals surface area contributed by atoms with Crippen LogP contribution in [0, 0.1) is 17.0 Å². The standard InChI is InChI=1S/C13H14N2O3/c1-9-6-7-13(18-9)11(14)8-10-4-2-3-5-12(10)15(16)17/h2-7,11H,8,14H2,1H3. The summed E-state index contributed by atoms with van der Waals surface area (Å²) in [5.74, 6) is 1.42. The van der Waals surface area contributed by atoms with E-state index in [4.69, 9.17) is 10.2 Å². The Morgan fingerprint density at radius 2 is 2.06 bits per heavy atom. The summed E-state index contributed by atoms with van der Waals surface area (Å²) in [4.78, 5) is 10.5. The molecule has 1 aromatic carbocycles. The zero-order chi connectivity index (χ0) is 13.1. The number of benzene rings is 1. The van der Waals surface area contributed by atoms with Crippen LogP contribution in [-0.4, -0.2) is 4.92 Å². The first-order chi connectivity index (χ1) is 8.58. The Morgan fingerprint density at radius 1 is 1.33 bits per heavy atom. The maximum Gasteiger partial charge on any atom is 0.272 e. The van der Waals surface area contributed by atoms with Crippen molar-refractivity contribution in [2.24, 2.45) is 5.73 Å². The van der Waals surface area contributed by atoms with Gasteiger partial charge in [0, 0.05) is 18.1 Å². The van der Waals surface area contributed by atoms with Crippen molar-refractivity contribution in [3.8, 4) is 0 Å². The van der Waals surface area contributed by atoms with Gasteiger partial charge >= 0.3 is 0 Å². The number of rotatable bonds is 4. The van der Waals surface area contributed by atoms with Gasteiger partial charge in [0.25, 0.3) is 5.69 Å². The lowest BCUT2D eigenvalue weighted by molar-refractivity contribution is -0.385. The van der Waals surface area contributed by atoms with Crippen LogP contribution in [0.4, 0.5) is 5.69 Å². The van der Waals surface area contributed by atoms with Gasteiger partial charge in [0.2, 0.25) is 0 Å². The lowest BCUT2D eigenvalue weighted by Crippen LogP contribution is -2.13. The molecule has 2 aromatic rings. The third-order valence-corrected chi connectivity index (χ3v) is 2.75. The third-order valence-electron chi connectivity index (χ3n) is 2.75. The number of hydrogen-bond acceptors (Lipinski definition) is 4. The van der Waals surface area contributed by atoms with E-state index in [9.17, 15) is 10.1 Å². The SMILES string of the molecule is Cc1ccc(C(N)Cc2ccccc2[N+](=O)[O-])o1. The molecule has 1 atom stereocenters. The van der Waals surface area contributed by atoms with Gasteiger partial charge in [0.1, 0.15) is 11.5 Å². The molecule has 1 aromatic heterocycles. The van der Waals surface area contributed by atoms with Crippen molar-refractivity contribution in [1.29, 1.82) is 0 Å². The second-order valence-electron chi connectivity index (χ2n) is 4.14. The molecule has 0 spiro atoms. The van der Waals surface area contributed by atoms with Crippen molar-refractivity contribution < 1.29 is 9.34 Å². The number of para-hydroxylation sites is 1. The molecule has 0 saturated heterocycles. The summed E-state index contributed by atoms with van der Waals surface area (Å²) in [5.41, 5.74) is 6.70. The van der Waals surface area contributed by atoms with E-state index in [-0.39, 0.29) is 11.7 Å². The molecule has 2 rings (SSSR count). The molecule has 94 valence electrons. The van der Waals surface area contributed by atoms with Crippen LogP contribution >= 0.6 is 0 Å². The molecule has 0 radical (unpaired) electrons. The number of nitro groups is 1. The van der Waals surface area contributed by atoms with Gasteiger partial charge in [0.05, 0.1) is 11.0 Å². The minimum atomic E-state index is -0.393. The number of nitro benzene ring substituents is 1. The van der Waals surface area contributed by atoms with Crippen molar-refractivity contribution in [2.75, 3.05) is 0 Å². The van der Waals surface area contributed by atoms with E-state index >= 15 is 0 Å². The number of aryl methyl sites for hydroxylation is 1. The van der Waals surface area contributed by atoms with E-state index in [2.05, 4.69) is 0 Å². The van der Waals surface area contributed by atoms with Crippen LogP contribution in [0.25, 0.3) is 0 Å². The van der Waals surface area contributed by atoms with Crippen LogP contribution in [0.1, 0.15) is 23.1 Å². The zero-order valence-electron chi connectivity index (χ0n) is 10.00. The van der Waals surface area contributed by atoms with Crippen LogP contribution in [-0.2, 0) is 6.42 Å². The molecule has 1 unspecified atom stereocenters. The number of nitrogens with zero attached hydrogens (tertiary/aromatic N) is 1. The molecule has 0 saturated carbocycles. The summed E-state index contributed by atoms with van der Waals surface area (Å²) in [6.45, 7) is 1.83. The Labute approximate surface area is 104 Å². The monoisotopic (exact) mass is 246 g/mol. The summed E-state index contributed by atoms with van der Waals surface area (Å²) in [6, 6.07) is 9.86. The lowest BCUT2D eigenvalue weighted by atomic mass is 10.0. The van der Waals surface area contributed by atoms with Crippen molar-refractivity contribution in [3.05, 3.63) is 63.6 Å². The zero-order valence-corrected chi connectivity index (χ0v) is 10.00. The predicted molar refractivity (Wildman–Crippen MR) is 67.2 cm³/mol. The van der Waals surface area contributed by atoms with Crippen LogP contribution in [0.2, 0.25) is 0 Å². The predicted octanol–water partition coefficient (Wildman–Crippen LogP) is 2.74. The van der Waals surface area contributed by atoms with E-state index in [0.29, 0.717) is 17.7 Å². The second-order valence-corrected chi connectivity index (χ2v) is 4.14. The minimum Gasteiger partial charge on any atom is -0.465 e. The normalized spacial score (nSPS) is 12.3. The van der Waals surface area contributed by atoms with E-state index in [1.807, 2.05) is 13.0 Å². The van der Waals surface area contributed by atoms with Gasteiger partial charge in [-0.25, -0.2) is 0 Å². The molecule has 5 nitrogen and oxygen atoms in total. The van der Waals surface area contributed by atoms with Gasteiger partial charge in [-0.15, -0.1) is 0 Å². The van der Waals surface area contributed by atoms with Gasteiger partial charge in [-0.3, -0.25) is 10.1 Å². The molecule has 18 heavy (non-hydrogen) atoms. The van der Waals surface area contributed by atoms with Crippen molar-refractivity contribution in [3.63, 3.8) is 0 Å². The third kappa shape index (κ3) is 2.57. The summed E-state index contributed by atoms with van der Waals surface area (Å²) < 4.78 is 5.42. The Kier molecular flexibility index (Phi) is 3.43. The fraction of sp³-hybridized carbons (Fsp3) is 0.231. The molecule has 1 heterocycles. The number of hydrogen-bond donors (Lipinski definition) is 1. The number of nitrogens with two attached hydrogens (primary N) is 1. The molecular formula is C13H14N2O3. The van der Waals surface area contributed by atoms with Gasteiger partial charge < -0.3 is 10.2 Å². The molecule has 0 aliphatic rings. The van der Waals surface area contributed by atoms with E-state index in [1.165, 1.54) is 6.07 Å². The van der Waals surface area contributed by atoms with Crippen LogP contribution < -0.4 is 5.73 Å². The first kappa shape index (κ1) is 12.3. The first-order valence-corrected chi connectivity index (χ1v) is 5.62. The topological polar surface area (TPSA) is 82.3 Å². The van der Waals surface area contributed by atoms with Gasteiger partial charge in [-0.05, 0) is 19.1 Å². The Hall–Kier alpha value is -2.14. The van der Waals surface area contributed by atoms with Crippen LogP contribution in [0.15, 0.2) is 40.8 Å². The highest BCUT2D eigenvalue weighted by molar-refractivity contribution is 5.40. The quantitative estimate of drug-likeness (QED) is 0.664. The summed E-state index contributed by atoms with van der Waals surface area (Å²) in [6.07, 6.45) is 0.379. The molecule has 0 bridgehead atoms. The molecule has 2 N–H and O–H groups in total. The molecule has 0 fully saturated rings. The number of furan rings is 1. The maximum absolute atomic E-state index is 10.9. The van der Waals surface area contributed by atoms with Crippen LogP contribution in [0.5, 0.6) is 0 Å². The second kappa shape index (κ2) is 5.01. The highest BCUT2D eigenvalue weighted by Crippen LogP contribution is 2.24. The van der Waals surface area contributed by atoms with Crippen molar-refractivity contribution >= 4 is 5.69 Å². The molecule has 0 aliphatic heterocycles. The molecule has 0 amide bonds. The summed E-state index contributed by atoms with van der Waals surface area (Å²) in [5, 5.41) is 10.9. The fourth-order valence-corrected chi connectivity index (χ4v) is 1.85. The average molecular weight is 246 g/mol. The highest BCUT2D eigenvalue weighted by atomic mass is 16.6. The largest absolute Gasteiger partial charge is 0.465 e. The van der Waals surface area contributed by atoms with Gasteiger partial charge in [-0.1, -0.05) is 18.2 Å². The fourth-order valence-electron chi connectivity index (χ4n) is 1.85. The molecule has 0 aliphatic carbocycles. The van der Waals surface area contributed by atoms with Crippen molar-refractivity contribution in [2.45, 2.75) is 19.4 Å². The summed E-state index contributed by atoms with van der Waals surface area (Å²) >= 11 is 0. The van der Waals surface area contributed by atoms with Crippen LogP contribution in [0.3, 0.4) is 0 Å². The minimum absolute atomic E-state index is 0.0937. The van der Waals surface area contributed by atoms with Gasteiger partial charge in [-0.2, -0.15) is 0 Å². The van der Waals surface area contributed by atoms with E-state index in [1.54, 1.807) is 24.3 Å². The summed E-state index contributed by atoms with van der Waals surface area (Å²) in [7, 11) is 0. The Bertz CT molecular complexity index is 563. The van der Waals surface area contributed by atoms with E-state index < -0.39 is 4.92 Å². The molecular weight excluding hydrogens is 232 g/mol. The molecule has 5 heteroatoms. The smallest absolute Gasteiger partial charge is 0.272 e. The maximum atomic E-state index is 10.9. The van der Waals surface area contributed by atoms with E-state index in [0.717, 1.165) is 5.76 Å². The average Bonchev–Trinajstić information content (AvgIpc) is 2.76. The lowest BCUT2D eigenvalue weighted by Gasteiger charge is -2.09. The first-order valence-electron chi connectivity index (χ1n) is 5.62. The highest BCUT2D eigenvalue weighted by Gasteiger charge is 2.17.